The molecule has 148 valence electrons. The molecule has 0 atom stereocenters. The van der Waals surface area contributed by atoms with Gasteiger partial charge in [0.25, 0.3) is 5.91 Å². The second kappa shape index (κ2) is 7.82. The minimum Gasteiger partial charge on any atom is -0.317 e. The lowest BCUT2D eigenvalue weighted by molar-refractivity contribution is -0.114. The van der Waals surface area contributed by atoms with E-state index >= 15 is 0 Å². The number of nitrogens with zero attached hydrogens (tertiary/aromatic N) is 4. The molecule has 2 aliphatic heterocycles. The molecular formula is C20H17Cl2N5OS. The van der Waals surface area contributed by atoms with Gasteiger partial charge in [0.15, 0.2) is 5.84 Å². The SMILES string of the molecule is CC(C)CC1=NN2C(=N)/C(=C\c3cccn3-c3ccc(Cl)c(Cl)c3)C(=O)N=C2S1. The van der Waals surface area contributed by atoms with Crippen molar-refractivity contribution in [2.45, 2.75) is 20.3 Å². The van der Waals surface area contributed by atoms with Crippen molar-refractivity contribution in [3.63, 3.8) is 0 Å². The number of thioether (sulfide) groups is 1. The second-order valence-electron chi connectivity index (χ2n) is 7.01. The van der Waals surface area contributed by atoms with E-state index in [2.05, 4.69) is 23.9 Å². The first kappa shape index (κ1) is 19.9. The standard InChI is InChI=1S/C20H17Cl2N5OS/c1-11(2)8-17-25-27-18(23)14(19(28)24-20(27)29-17)9-12-4-3-7-26(12)13-5-6-15(21)16(22)10-13/h3-7,9-11,23H,8H2,1-2H3/b14-9+,23-18?. The van der Waals surface area contributed by atoms with Gasteiger partial charge in [-0.3, -0.25) is 10.2 Å². The molecule has 0 unspecified atom stereocenters. The fraction of sp³-hybridized carbons (Fsp3) is 0.200. The van der Waals surface area contributed by atoms with Crippen LogP contribution in [0.4, 0.5) is 0 Å². The van der Waals surface area contributed by atoms with E-state index < -0.39 is 5.91 Å². The summed E-state index contributed by atoms with van der Waals surface area (Å²) in [6, 6.07) is 9.00. The molecule has 4 rings (SSSR count). The lowest BCUT2D eigenvalue weighted by Crippen LogP contribution is -2.35. The number of amidine groups is 2. The van der Waals surface area contributed by atoms with Crippen molar-refractivity contribution in [3.8, 4) is 5.69 Å². The zero-order valence-electron chi connectivity index (χ0n) is 15.7. The van der Waals surface area contributed by atoms with Gasteiger partial charge in [-0.2, -0.15) is 15.1 Å². The number of aromatic nitrogens is 1. The molecule has 1 aromatic heterocycles. The van der Waals surface area contributed by atoms with Gasteiger partial charge in [0.2, 0.25) is 5.17 Å². The lowest BCUT2D eigenvalue weighted by Gasteiger charge is -2.20. The third-order valence-electron chi connectivity index (χ3n) is 4.33. The molecule has 0 bridgehead atoms. The van der Waals surface area contributed by atoms with Crippen molar-refractivity contribution in [2.75, 3.05) is 0 Å². The van der Waals surface area contributed by atoms with Crippen molar-refractivity contribution < 1.29 is 4.79 Å². The quantitative estimate of drug-likeness (QED) is 0.635. The molecule has 9 heteroatoms. The summed E-state index contributed by atoms with van der Waals surface area (Å²) >= 11 is 13.5. The topological polar surface area (TPSA) is 73.8 Å². The number of halogens is 2. The number of carbonyl (C=O) groups is 1. The fourth-order valence-electron chi connectivity index (χ4n) is 2.99. The van der Waals surface area contributed by atoms with Crippen LogP contribution in [0.5, 0.6) is 0 Å². The van der Waals surface area contributed by atoms with E-state index in [0.29, 0.717) is 26.8 Å². The molecule has 2 aliphatic rings. The zero-order chi connectivity index (χ0) is 20.7. The first-order chi connectivity index (χ1) is 13.8. The summed E-state index contributed by atoms with van der Waals surface area (Å²) in [7, 11) is 0. The molecule has 0 radical (unpaired) electrons. The Hall–Kier alpha value is -2.35. The van der Waals surface area contributed by atoms with E-state index in [0.717, 1.165) is 17.2 Å². The number of hydrogen-bond donors (Lipinski definition) is 1. The van der Waals surface area contributed by atoms with Crippen molar-refractivity contribution in [3.05, 3.63) is 57.8 Å². The van der Waals surface area contributed by atoms with Crippen LogP contribution in [0.25, 0.3) is 11.8 Å². The molecular weight excluding hydrogens is 429 g/mol. The zero-order valence-corrected chi connectivity index (χ0v) is 18.0. The minimum atomic E-state index is -0.448. The number of rotatable bonds is 4. The molecule has 6 nitrogen and oxygen atoms in total. The Morgan fingerprint density at radius 3 is 2.76 bits per heavy atom. The van der Waals surface area contributed by atoms with Gasteiger partial charge >= 0.3 is 0 Å². The van der Waals surface area contributed by atoms with Crippen LogP contribution in [0.1, 0.15) is 26.0 Å². The molecule has 0 aliphatic carbocycles. The Bertz CT molecular complexity index is 1120. The molecule has 0 spiro atoms. The van der Waals surface area contributed by atoms with Crippen molar-refractivity contribution in [1.82, 2.24) is 9.58 Å². The summed E-state index contributed by atoms with van der Waals surface area (Å²) in [5, 5.41) is 16.6. The van der Waals surface area contributed by atoms with Crippen LogP contribution < -0.4 is 0 Å². The predicted molar refractivity (Wildman–Crippen MR) is 120 cm³/mol. The van der Waals surface area contributed by atoms with Crippen LogP contribution in [0.2, 0.25) is 10.0 Å². The smallest absolute Gasteiger partial charge is 0.283 e. The first-order valence-electron chi connectivity index (χ1n) is 8.95. The van der Waals surface area contributed by atoms with E-state index in [9.17, 15) is 4.79 Å². The van der Waals surface area contributed by atoms with Gasteiger partial charge in [0.05, 0.1) is 15.6 Å². The molecule has 2 aromatic rings. The van der Waals surface area contributed by atoms with Gasteiger partial charge in [-0.05, 0) is 54.1 Å². The van der Waals surface area contributed by atoms with E-state index in [1.807, 2.05) is 29.0 Å². The number of nitrogens with one attached hydrogen (secondary N) is 1. The van der Waals surface area contributed by atoms with E-state index in [1.165, 1.54) is 16.8 Å². The van der Waals surface area contributed by atoms with Crippen LogP contribution in [-0.4, -0.2) is 31.5 Å². The molecule has 1 amide bonds. The minimum absolute atomic E-state index is 0.0214. The van der Waals surface area contributed by atoms with E-state index in [1.54, 1.807) is 18.2 Å². The number of amides is 1. The summed E-state index contributed by atoms with van der Waals surface area (Å²) in [6.07, 6.45) is 4.27. The Morgan fingerprint density at radius 1 is 1.24 bits per heavy atom. The van der Waals surface area contributed by atoms with Crippen LogP contribution >= 0.6 is 35.0 Å². The normalized spacial score (nSPS) is 17.8. The second-order valence-corrected chi connectivity index (χ2v) is 8.87. The van der Waals surface area contributed by atoms with Crippen LogP contribution in [0.15, 0.2) is 52.2 Å². The number of hydrazone groups is 1. The highest BCUT2D eigenvalue weighted by atomic mass is 35.5. The Morgan fingerprint density at radius 2 is 2.03 bits per heavy atom. The third-order valence-corrected chi connectivity index (χ3v) is 6.00. The predicted octanol–water partition coefficient (Wildman–Crippen LogP) is 5.45. The van der Waals surface area contributed by atoms with Gasteiger partial charge in [-0.1, -0.05) is 37.0 Å². The van der Waals surface area contributed by atoms with Gasteiger partial charge in [-0.15, -0.1) is 0 Å². The van der Waals surface area contributed by atoms with Gasteiger partial charge in [0.1, 0.15) is 5.04 Å². The Balaban J connectivity index is 1.69. The first-order valence-corrected chi connectivity index (χ1v) is 10.5. The highest BCUT2D eigenvalue weighted by molar-refractivity contribution is 8.26. The molecule has 1 aromatic carbocycles. The summed E-state index contributed by atoms with van der Waals surface area (Å²) in [5.41, 5.74) is 1.70. The van der Waals surface area contributed by atoms with Crippen LogP contribution in [0, 0.1) is 11.3 Å². The lowest BCUT2D eigenvalue weighted by atomic mass is 10.1. The molecule has 0 saturated carbocycles. The molecule has 3 heterocycles. The molecule has 0 saturated heterocycles. The fourth-order valence-corrected chi connectivity index (χ4v) is 4.38. The highest BCUT2D eigenvalue weighted by Crippen LogP contribution is 2.31. The number of carbonyl (C=O) groups excluding carboxylic acids is 1. The monoisotopic (exact) mass is 445 g/mol. The number of aliphatic imine (C=N–C) groups is 1. The van der Waals surface area contributed by atoms with E-state index in [4.69, 9.17) is 28.6 Å². The summed E-state index contributed by atoms with van der Waals surface area (Å²) in [6.45, 7) is 4.20. The maximum Gasteiger partial charge on any atom is 0.283 e. The van der Waals surface area contributed by atoms with Gasteiger partial charge < -0.3 is 4.57 Å². The average molecular weight is 446 g/mol. The van der Waals surface area contributed by atoms with Crippen molar-refractivity contribution in [1.29, 1.82) is 5.41 Å². The van der Waals surface area contributed by atoms with E-state index in [-0.39, 0.29) is 11.4 Å². The van der Waals surface area contributed by atoms with Gasteiger partial charge in [0, 0.05) is 24.0 Å². The summed E-state index contributed by atoms with van der Waals surface area (Å²) in [5.74, 6) is 0.00218. The van der Waals surface area contributed by atoms with Crippen LogP contribution in [-0.2, 0) is 4.79 Å². The Labute approximate surface area is 182 Å². The molecule has 29 heavy (non-hydrogen) atoms. The van der Waals surface area contributed by atoms with Crippen molar-refractivity contribution >= 4 is 63.0 Å². The maximum absolute atomic E-state index is 12.6. The third kappa shape index (κ3) is 3.90. The largest absolute Gasteiger partial charge is 0.317 e. The maximum atomic E-state index is 12.6. The Kier molecular flexibility index (Phi) is 5.38. The molecule has 0 fully saturated rings. The number of hydrogen-bond acceptors (Lipinski definition) is 4. The highest BCUT2D eigenvalue weighted by Gasteiger charge is 2.35. The number of benzene rings is 1. The average Bonchev–Trinajstić information content (AvgIpc) is 3.27. The summed E-state index contributed by atoms with van der Waals surface area (Å²) in [4.78, 5) is 16.8. The number of fused-ring (bicyclic) bond motifs is 1. The summed E-state index contributed by atoms with van der Waals surface area (Å²) < 4.78 is 1.86. The van der Waals surface area contributed by atoms with Gasteiger partial charge in [-0.25, -0.2) is 0 Å². The van der Waals surface area contributed by atoms with Crippen molar-refractivity contribution in [2.24, 2.45) is 16.0 Å². The molecule has 1 N–H and O–H groups in total. The van der Waals surface area contributed by atoms with Crippen LogP contribution in [0.3, 0.4) is 0 Å².